The minimum Gasteiger partial charge on any atom is -0.465 e. The molecule has 5 rings (SSSR count). The molecule has 7 nitrogen and oxygen atoms in total. The van der Waals surface area contributed by atoms with E-state index in [1.54, 1.807) is 29.3 Å². The quantitative estimate of drug-likeness (QED) is 0.446. The second-order valence-corrected chi connectivity index (χ2v) is 6.18. The predicted octanol–water partition coefficient (Wildman–Crippen LogP) is 4.02. The van der Waals surface area contributed by atoms with Crippen LogP contribution in [0.5, 0.6) is 0 Å². The summed E-state index contributed by atoms with van der Waals surface area (Å²) in [7, 11) is 1.35. The zero-order valence-electron chi connectivity index (χ0n) is 14.9. The number of hydrogen-bond acceptors (Lipinski definition) is 6. The van der Waals surface area contributed by atoms with Crippen molar-refractivity contribution in [1.29, 1.82) is 0 Å². The van der Waals surface area contributed by atoms with Crippen molar-refractivity contribution in [2.75, 3.05) is 7.11 Å². The van der Waals surface area contributed by atoms with E-state index in [1.165, 1.54) is 7.11 Å². The first-order valence-electron chi connectivity index (χ1n) is 8.63. The molecule has 0 amide bonds. The average molecular weight is 370 g/mol. The van der Waals surface area contributed by atoms with Gasteiger partial charge in [-0.2, -0.15) is 4.80 Å². The lowest BCUT2D eigenvalue weighted by molar-refractivity contribution is 0.0603. The summed E-state index contributed by atoms with van der Waals surface area (Å²) in [6, 6.07) is 18.5. The first-order chi connectivity index (χ1) is 13.7. The maximum Gasteiger partial charge on any atom is 0.338 e. The zero-order valence-corrected chi connectivity index (χ0v) is 14.9. The van der Waals surface area contributed by atoms with Gasteiger partial charge in [-0.1, -0.05) is 18.2 Å². The molecule has 0 unspecified atom stereocenters. The highest BCUT2D eigenvalue weighted by atomic mass is 16.5. The number of methoxy groups -OCH3 is 1. The Hall–Kier alpha value is -4.00. The van der Waals surface area contributed by atoms with E-state index in [9.17, 15) is 4.79 Å². The molecule has 0 saturated heterocycles. The molecule has 0 bridgehead atoms. The number of hydrogen-bond donors (Lipinski definition) is 0. The second kappa shape index (κ2) is 6.31. The number of ether oxygens (including phenoxy) is 1. The van der Waals surface area contributed by atoms with E-state index in [0.29, 0.717) is 39.0 Å². The summed E-state index contributed by atoms with van der Waals surface area (Å²) in [6.07, 6.45) is 1.56. The van der Waals surface area contributed by atoms with Gasteiger partial charge in [0.1, 0.15) is 16.7 Å². The molecule has 136 valence electrons. The molecule has 0 fully saturated rings. The number of fused-ring (bicyclic) bond motifs is 3. The van der Waals surface area contributed by atoms with Gasteiger partial charge in [0, 0.05) is 5.39 Å². The minimum absolute atomic E-state index is 0.365. The van der Waals surface area contributed by atoms with Crippen LogP contribution in [0.25, 0.3) is 39.1 Å². The smallest absolute Gasteiger partial charge is 0.338 e. The van der Waals surface area contributed by atoms with Gasteiger partial charge in [-0.25, -0.2) is 9.78 Å². The van der Waals surface area contributed by atoms with Gasteiger partial charge in [-0.05, 0) is 42.5 Å². The van der Waals surface area contributed by atoms with E-state index in [4.69, 9.17) is 9.15 Å². The van der Waals surface area contributed by atoms with Crippen LogP contribution in [0.15, 0.2) is 71.3 Å². The fourth-order valence-corrected chi connectivity index (χ4v) is 3.20. The van der Waals surface area contributed by atoms with Gasteiger partial charge in [0.15, 0.2) is 5.76 Å². The third kappa shape index (κ3) is 2.52. The molecule has 28 heavy (non-hydrogen) atoms. The fourth-order valence-electron chi connectivity index (χ4n) is 3.20. The van der Waals surface area contributed by atoms with E-state index < -0.39 is 5.97 Å². The predicted molar refractivity (Wildman–Crippen MR) is 103 cm³/mol. The molecule has 0 spiro atoms. The molecule has 0 atom stereocenters. The number of nitrogens with zero attached hydrogens (tertiary/aromatic N) is 4. The molecular formula is C21H14N4O3. The van der Waals surface area contributed by atoms with Crippen LogP contribution >= 0.6 is 0 Å². The summed E-state index contributed by atoms with van der Waals surface area (Å²) < 4.78 is 10.4. The summed E-state index contributed by atoms with van der Waals surface area (Å²) in [4.78, 5) is 18.7. The lowest BCUT2D eigenvalue weighted by atomic mass is 10.1. The van der Waals surface area contributed by atoms with E-state index in [0.717, 1.165) is 5.69 Å². The normalized spacial score (nSPS) is 11.2. The Morgan fingerprint density at radius 3 is 2.57 bits per heavy atom. The van der Waals surface area contributed by atoms with Crippen molar-refractivity contribution < 1.29 is 13.9 Å². The largest absolute Gasteiger partial charge is 0.465 e. The summed E-state index contributed by atoms with van der Waals surface area (Å²) >= 11 is 0. The summed E-state index contributed by atoms with van der Waals surface area (Å²) in [5.41, 5.74) is 3.60. The van der Waals surface area contributed by atoms with Gasteiger partial charge < -0.3 is 9.15 Å². The number of rotatable bonds is 3. The standard InChI is InChI=1S/C21H14N4O3/c1-27-21(26)14-12-17(18-8-5-11-28-18)22-15-9-10-16-20(19(14)15)24-25(23-16)13-6-3-2-4-7-13/h2-12H,1H3. The van der Waals surface area contributed by atoms with Crippen LogP contribution < -0.4 is 0 Å². The molecule has 0 aliphatic rings. The molecule has 0 aliphatic carbocycles. The van der Waals surface area contributed by atoms with E-state index in [2.05, 4.69) is 15.2 Å². The van der Waals surface area contributed by atoms with Crippen LogP contribution in [0.1, 0.15) is 10.4 Å². The van der Waals surface area contributed by atoms with Gasteiger partial charge in [0.25, 0.3) is 0 Å². The van der Waals surface area contributed by atoms with Gasteiger partial charge in [0.2, 0.25) is 0 Å². The number of furan rings is 1. The summed E-state index contributed by atoms with van der Waals surface area (Å²) in [5, 5.41) is 9.75. The highest BCUT2D eigenvalue weighted by molar-refractivity contribution is 6.14. The van der Waals surface area contributed by atoms with Crippen LogP contribution in [-0.2, 0) is 4.74 Å². The van der Waals surface area contributed by atoms with Crippen molar-refractivity contribution in [3.8, 4) is 17.1 Å². The fraction of sp³-hybridized carbons (Fsp3) is 0.0476. The number of para-hydroxylation sites is 1. The van der Waals surface area contributed by atoms with Gasteiger partial charge in [0.05, 0.1) is 30.1 Å². The van der Waals surface area contributed by atoms with E-state index >= 15 is 0 Å². The van der Waals surface area contributed by atoms with Gasteiger partial charge in [-0.15, -0.1) is 10.2 Å². The molecule has 5 aromatic rings. The number of pyridine rings is 1. The highest BCUT2D eigenvalue weighted by Crippen LogP contribution is 2.30. The van der Waals surface area contributed by atoms with Crippen molar-refractivity contribution in [2.45, 2.75) is 0 Å². The number of benzene rings is 2. The molecule has 3 heterocycles. The van der Waals surface area contributed by atoms with Crippen molar-refractivity contribution in [3.63, 3.8) is 0 Å². The van der Waals surface area contributed by atoms with Crippen LogP contribution in [0.2, 0.25) is 0 Å². The van der Waals surface area contributed by atoms with Gasteiger partial charge in [-0.3, -0.25) is 0 Å². The van der Waals surface area contributed by atoms with Crippen LogP contribution in [0.3, 0.4) is 0 Å². The van der Waals surface area contributed by atoms with Crippen molar-refractivity contribution >= 4 is 27.9 Å². The molecule has 0 N–H and O–H groups in total. The monoisotopic (exact) mass is 370 g/mol. The molecular weight excluding hydrogens is 356 g/mol. The first kappa shape index (κ1) is 16.2. The SMILES string of the molecule is COC(=O)c1cc(-c2ccco2)nc2ccc3nn(-c4ccccc4)nc3c12. The number of carbonyl (C=O) groups excluding carboxylic acids is 1. The average Bonchev–Trinajstić information content (AvgIpc) is 3.42. The molecule has 2 aromatic carbocycles. The van der Waals surface area contributed by atoms with E-state index in [1.807, 2.05) is 42.5 Å². The molecule has 0 radical (unpaired) electrons. The Morgan fingerprint density at radius 2 is 1.82 bits per heavy atom. The Kier molecular flexibility index (Phi) is 3.65. The number of esters is 1. The molecule has 7 heteroatoms. The maximum atomic E-state index is 12.5. The molecule has 0 aliphatic heterocycles. The number of carbonyl (C=O) groups is 1. The van der Waals surface area contributed by atoms with Crippen molar-refractivity contribution in [3.05, 3.63) is 72.5 Å². The lowest BCUT2D eigenvalue weighted by Gasteiger charge is -2.07. The summed E-state index contributed by atoms with van der Waals surface area (Å²) in [5.74, 6) is 0.0991. The molecule has 3 aromatic heterocycles. The van der Waals surface area contributed by atoms with Crippen LogP contribution in [0.4, 0.5) is 0 Å². The Morgan fingerprint density at radius 1 is 1.00 bits per heavy atom. The van der Waals surface area contributed by atoms with Crippen molar-refractivity contribution in [2.24, 2.45) is 0 Å². The van der Waals surface area contributed by atoms with Crippen LogP contribution in [-0.4, -0.2) is 33.1 Å². The van der Waals surface area contributed by atoms with Crippen molar-refractivity contribution in [1.82, 2.24) is 20.0 Å². The first-order valence-corrected chi connectivity index (χ1v) is 8.63. The Bertz CT molecular complexity index is 1310. The van der Waals surface area contributed by atoms with Gasteiger partial charge >= 0.3 is 5.97 Å². The lowest BCUT2D eigenvalue weighted by Crippen LogP contribution is -2.04. The Labute approximate surface area is 159 Å². The second-order valence-electron chi connectivity index (χ2n) is 6.18. The number of aromatic nitrogens is 4. The third-order valence-electron chi connectivity index (χ3n) is 4.49. The third-order valence-corrected chi connectivity index (χ3v) is 4.49. The topological polar surface area (TPSA) is 83.0 Å². The summed E-state index contributed by atoms with van der Waals surface area (Å²) in [6.45, 7) is 0. The highest BCUT2D eigenvalue weighted by Gasteiger charge is 2.20. The minimum atomic E-state index is -0.470. The zero-order chi connectivity index (χ0) is 19.1. The van der Waals surface area contributed by atoms with Crippen LogP contribution in [0, 0.1) is 0 Å². The van der Waals surface area contributed by atoms with E-state index in [-0.39, 0.29) is 0 Å². The molecule has 0 saturated carbocycles. The maximum absolute atomic E-state index is 12.5. The Balaban J connectivity index is 1.82.